The summed E-state index contributed by atoms with van der Waals surface area (Å²) >= 11 is 5.91. The Morgan fingerprint density at radius 2 is 2.14 bits per heavy atom. The van der Waals surface area contributed by atoms with Crippen molar-refractivity contribution in [2.45, 2.75) is 6.54 Å². The minimum Gasteiger partial charge on any atom is -0.338 e. The second kappa shape index (κ2) is 9.35. The second-order valence-electron chi connectivity index (χ2n) is 5.95. The molecule has 28 heavy (non-hydrogen) atoms. The number of H-pyrrole nitrogens is 1. The van der Waals surface area contributed by atoms with Crippen LogP contribution in [-0.2, 0) is 16.1 Å². The highest BCUT2D eigenvalue weighted by atomic mass is 79.9. The maximum Gasteiger partial charge on any atom is 0.268 e. The molecule has 0 atom stereocenters. The summed E-state index contributed by atoms with van der Waals surface area (Å²) in [5, 5.41) is 4.59. The Bertz CT molecular complexity index is 1070. The maximum atomic E-state index is 12.3. The predicted octanol–water partition coefficient (Wildman–Crippen LogP) is 3.08. The number of rotatable bonds is 7. The van der Waals surface area contributed by atoms with Crippen molar-refractivity contribution in [3.8, 4) is 0 Å². The van der Waals surface area contributed by atoms with Crippen molar-refractivity contribution in [1.82, 2.24) is 14.9 Å². The maximum absolute atomic E-state index is 12.3. The third kappa shape index (κ3) is 5.43. The van der Waals surface area contributed by atoms with Crippen LogP contribution in [0.1, 0.15) is 5.82 Å². The van der Waals surface area contributed by atoms with E-state index in [1.165, 1.54) is 28.0 Å². The monoisotopic (exact) mass is 480 g/mol. The Hall–Kier alpha value is -2.17. The molecule has 0 aliphatic heterocycles. The lowest BCUT2D eigenvalue weighted by Gasteiger charge is -2.16. The fourth-order valence-corrected chi connectivity index (χ4v) is 4.29. The highest BCUT2D eigenvalue weighted by Gasteiger charge is 2.13. The molecule has 0 radical (unpaired) electrons. The van der Waals surface area contributed by atoms with Gasteiger partial charge < -0.3 is 15.2 Å². The van der Waals surface area contributed by atoms with Gasteiger partial charge in [-0.1, -0.05) is 22.0 Å². The molecular weight excluding hydrogens is 464 g/mol. The largest absolute Gasteiger partial charge is 0.338 e. The van der Waals surface area contributed by atoms with Gasteiger partial charge in [-0.25, -0.2) is 4.98 Å². The van der Waals surface area contributed by atoms with Gasteiger partial charge in [0.25, 0.3) is 5.56 Å². The van der Waals surface area contributed by atoms with Gasteiger partial charge in [0.05, 0.1) is 23.6 Å². The van der Waals surface area contributed by atoms with Crippen molar-refractivity contribution in [2.24, 2.45) is 0 Å². The van der Waals surface area contributed by atoms with Gasteiger partial charge in [0, 0.05) is 17.2 Å². The van der Waals surface area contributed by atoms with Crippen LogP contribution in [-0.4, -0.2) is 45.2 Å². The van der Waals surface area contributed by atoms with E-state index in [4.69, 9.17) is 0 Å². The first kappa shape index (κ1) is 20.6. The van der Waals surface area contributed by atoms with Gasteiger partial charge in [-0.05, 0) is 29.6 Å². The number of halogens is 1. The fraction of sp³-hybridized carbons (Fsp3) is 0.222. The van der Waals surface area contributed by atoms with E-state index in [0.717, 1.165) is 4.47 Å². The zero-order valence-corrected chi connectivity index (χ0v) is 18.1. The number of aromatic amines is 1. The summed E-state index contributed by atoms with van der Waals surface area (Å²) in [6.45, 7) is 0.199. The van der Waals surface area contributed by atoms with E-state index in [1.807, 2.05) is 12.1 Å². The zero-order valence-electron chi connectivity index (χ0n) is 14.9. The van der Waals surface area contributed by atoms with Crippen LogP contribution in [0.25, 0.3) is 10.2 Å². The summed E-state index contributed by atoms with van der Waals surface area (Å²) in [6.07, 6.45) is 0. The van der Waals surface area contributed by atoms with Crippen LogP contribution in [0.2, 0.25) is 0 Å². The molecule has 2 heterocycles. The topological polar surface area (TPSA) is 95.2 Å². The number of nitrogens with one attached hydrogen (secondary N) is 2. The average molecular weight is 481 g/mol. The highest BCUT2D eigenvalue weighted by Crippen LogP contribution is 2.16. The number of hydrogen-bond donors (Lipinski definition) is 2. The van der Waals surface area contributed by atoms with Crippen LogP contribution >= 0.6 is 39.0 Å². The molecule has 0 fully saturated rings. The number of aromatic nitrogens is 2. The van der Waals surface area contributed by atoms with E-state index in [2.05, 4.69) is 31.2 Å². The van der Waals surface area contributed by atoms with Crippen LogP contribution in [0.3, 0.4) is 0 Å². The Morgan fingerprint density at radius 3 is 2.93 bits per heavy atom. The number of thioether (sulfide) groups is 1. The molecule has 0 bridgehead atoms. The van der Waals surface area contributed by atoms with E-state index in [-0.39, 0.29) is 35.4 Å². The third-order valence-corrected chi connectivity index (χ3v) is 6.06. The number of amides is 2. The fourth-order valence-electron chi connectivity index (χ4n) is 2.41. The summed E-state index contributed by atoms with van der Waals surface area (Å²) in [5.74, 6) is 0.444. The molecule has 0 unspecified atom stereocenters. The molecule has 0 aliphatic carbocycles. The van der Waals surface area contributed by atoms with Gasteiger partial charge in [-0.2, -0.15) is 0 Å². The summed E-state index contributed by atoms with van der Waals surface area (Å²) in [4.78, 5) is 44.8. The normalized spacial score (nSPS) is 10.8. The highest BCUT2D eigenvalue weighted by molar-refractivity contribution is 9.10. The Kier molecular flexibility index (Phi) is 6.87. The number of benzene rings is 1. The van der Waals surface area contributed by atoms with Crippen molar-refractivity contribution >= 4 is 66.7 Å². The minimum absolute atomic E-state index is 0.145. The molecule has 0 aliphatic rings. The molecule has 2 N–H and O–H groups in total. The lowest BCUT2D eigenvalue weighted by atomic mass is 10.3. The number of anilines is 1. The van der Waals surface area contributed by atoms with Crippen molar-refractivity contribution in [3.05, 3.63) is 56.4 Å². The van der Waals surface area contributed by atoms with Crippen LogP contribution in [0.15, 0.2) is 45.0 Å². The Labute approximate surface area is 177 Å². The lowest BCUT2D eigenvalue weighted by Crippen LogP contribution is -2.30. The van der Waals surface area contributed by atoms with Gasteiger partial charge in [-0.3, -0.25) is 14.4 Å². The van der Waals surface area contributed by atoms with E-state index >= 15 is 0 Å². The minimum atomic E-state index is -0.200. The average Bonchev–Trinajstić information content (AvgIpc) is 3.10. The molecule has 0 saturated heterocycles. The summed E-state index contributed by atoms with van der Waals surface area (Å²) in [6, 6.07) is 9.08. The number of nitrogens with zero attached hydrogens (tertiary/aromatic N) is 2. The van der Waals surface area contributed by atoms with Crippen molar-refractivity contribution in [1.29, 1.82) is 0 Å². The molecule has 0 spiro atoms. The van der Waals surface area contributed by atoms with Crippen LogP contribution in [0.5, 0.6) is 0 Å². The van der Waals surface area contributed by atoms with E-state index in [9.17, 15) is 14.4 Å². The second-order valence-corrected chi connectivity index (χ2v) is 8.77. The quantitative estimate of drug-likeness (QED) is 0.541. The molecule has 7 nitrogen and oxygen atoms in total. The van der Waals surface area contributed by atoms with Gasteiger partial charge in [0.1, 0.15) is 10.5 Å². The number of hydrogen-bond acceptors (Lipinski definition) is 6. The van der Waals surface area contributed by atoms with Crippen LogP contribution < -0.4 is 10.9 Å². The van der Waals surface area contributed by atoms with Crippen LogP contribution in [0.4, 0.5) is 5.69 Å². The molecule has 3 rings (SSSR count). The van der Waals surface area contributed by atoms with Crippen LogP contribution in [0, 0.1) is 0 Å². The Balaban J connectivity index is 1.47. The van der Waals surface area contributed by atoms with Gasteiger partial charge in [0.2, 0.25) is 11.8 Å². The first-order valence-corrected chi connectivity index (χ1v) is 11.1. The Morgan fingerprint density at radius 1 is 1.32 bits per heavy atom. The standard InChI is InChI=1S/C18H17BrN4O3S2/c1-23(8-14-21-13-5-6-28-17(13)18(26)22-14)16(25)10-27-9-15(24)20-12-4-2-3-11(19)7-12/h2-7H,8-10H2,1H3,(H,20,24)(H,21,22,26). The summed E-state index contributed by atoms with van der Waals surface area (Å²) in [7, 11) is 1.64. The lowest BCUT2D eigenvalue weighted by molar-refractivity contribution is -0.127. The summed E-state index contributed by atoms with van der Waals surface area (Å²) < 4.78 is 1.45. The molecular formula is C18H17BrN4O3S2. The smallest absolute Gasteiger partial charge is 0.268 e. The van der Waals surface area contributed by atoms with Crippen molar-refractivity contribution in [3.63, 3.8) is 0 Å². The number of thiophene rings is 1. The van der Waals surface area contributed by atoms with E-state index in [0.29, 0.717) is 21.7 Å². The van der Waals surface area contributed by atoms with Gasteiger partial charge in [0.15, 0.2) is 0 Å². The zero-order chi connectivity index (χ0) is 20.1. The van der Waals surface area contributed by atoms with Gasteiger partial charge in [-0.15, -0.1) is 23.1 Å². The van der Waals surface area contributed by atoms with Crippen molar-refractivity contribution < 1.29 is 9.59 Å². The first-order valence-electron chi connectivity index (χ1n) is 8.26. The molecule has 10 heteroatoms. The van der Waals surface area contributed by atoms with Gasteiger partial charge >= 0.3 is 0 Å². The molecule has 2 amide bonds. The van der Waals surface area contributed by atoms with Crippen molar-refractivity contribution in [2.75, 3.05) is 23.9 Å². The molecule has 146 valence electrons. The molecule has 1 aromatic carbocycles. The number of fused-ring (bicyclic) bond motifs is 1. The third-order valence-electron chi connectivity index (χ3n) is 3.74. The molecule has 2 aromatic heterocycles. The number of carbonyl (C=O) groups is 2. The predicted molar refractivity (Wildman–Crippen MR) is 117 cm³/mol. The van der Waals surface area contributed by atoms with E-state index in [1.54, 1.807) is 30.6 Å². The molecule has 3 aromatic rings. The first-order chi connectivity index (χ1) is 13.4. The summed E-state index contributed by atoms with van der Waals surface area (Å²) in [5.41, 5.74) is 1.12. The SMILES string of the molecule is CN(Cc1nc2ccsc2c(=O)[nH]1)C(=O)CSCC(=O)Nc1cccc(Br)c1. The number of carbonyl (C=O) groups excluding carboxylic acids is 2. The molecule has 0 saturated carbocycles. The van der Waals surface area contributed by atoms with E-state index < -0.39 is 0 Å².